The van der Waals surface area contributed by atoms with Crippen molar-refractivity contribution >= 4 is 17.8 Å². The average molecular weight is 237 g/mol. The number of guanidine groups is 1. The summed E-state index contributed by atoms with van der Waals surface area (Å²) in [5.74, 6) is -0.681. The molecule has 0 radical (unpaired) electrons. The number of nitrogens with zero attached hydrogens (tertiary/aromatic N) is 2. The Hall–Kier alpha value is -1.39. The van der Waals surface area contributed by atoms with Gasteiger partial charge in [-0.3, -0.25) is 14.9 Å². The molecule has 1 atom stereocenters. The largest absolute Gasteiger partial charge is 0.342 e. The molecule has 94 valence electrons. The number of piperidine rings is 1. The molecule has 0 saturated carbocycles. The van der Waals surface area contributed by atoms with Gasteiger partial charge in [-0.25, -0.2) is 0 Å². The molecule has 2 heterocycles. The monoisotopic (exact) mass is 237 g/mol. The predicted octanol–water partition coefficient (Wildman–Crippen LogP) is 0.757. The molecule has 1 saturated heterocycles. The number of hydrogen-bond acceptors (Lipinski definition) is 3. The number of carbonyl (C=O) groups excluding carboxylic acids is 2. The summed E-state index contributed by atoms with van der Waals surface area (Å²) in [6.45, 7) is 5.48. The molecular weight excluding hydrogens is 218 g/mol. The summed E-state index contributed by atoms with van der Waals surface area (Å²) >= 11 is 0. The Kier molecular flexibility index (Phi) is 3.45. The quantitative estimate of drug-likeness (QED) is 0.685. The number of rotatable bonds is 1. The first-order valence-electron chi connectivity index (χ1n) is 6.28. The van der Waals surface area contributed by atoms with Gasteiger partial charge in [-0.05, 0) is 25.2 Å². The highest BCUT2D eigenvalue weighted by Crippen LogP contribution is 2.18. The van der Waals surface area contributed by atoms with Gasteiger partial charge >= 0.3 is 0 Å². The van der Waals surface area contributed by atoms with Crippen molar-refractivity contribution in [1.29, 1.82) is 0 Å². The van der Waals surface area contributed by atoms with Crippen LogP contribution >= 0.6 is 0 Å². The van der Waals surface area contributed by atoms with Gasteiger partial charge < -0.3 is 4.90 Å². The third kappa shape index (κ3) is 2.48. The molecule has 0 aromatic carbocycles. The molecule has 2 rings (SSSR count). The van der Waals surface area contributed by atoms with Gasteiger partial charge in [-0.1, -0.05) is 13.8 Å². The van der Waals surface area contributed by atoms with Gasteiger partial charge in [0.2, 0.25) is 11.9 Å². The lowest BCUT2D eigenvalue weighted by Gasteiger charge is -2.32. The molecule has 17 heavy (non-hydrogen) atoms. The van der Waals surface area contributed by atoms with E-state index in [-0.39, 0.29) is 17.7 Å². The Bertz CT molecular complexity index is 357. The van der Waals surface area contributed by atoms with E-state index in [1.165, 1.54) is 6.42 Å². The predicted molar refractivity (Wildman–Crippen MR) is 64.3 cm³/mol. The number of hydrogen-bond donors (Lipinski definition) is 1. The summed E-state index contributed by atoms with van der Waals surface area (Å²) < 4.78 is 0. The van der Waals surface area contributed by atoms with Crippen LogP contribution in [0, 0.1) is 11.8 Å². The highest BCUT2D eigenvalue weighted by Gasteiger charge is 2.35. The zero-order chi connectivity index (χ0) is 12.4. The van der Waals surface area contributed by atoms with Gasteiger partial charge in [0.15, 0.2) is 0 Å². The van der Waals surface area contributed by atoms with Gasteiger partial charge in [0.25, 0.3) is 5.91 Å². The molecule has 0 bridgehead atoms. The van der Waals surface area contributed by atoms with Gasteiger partial charge in [-0.15, -0.1) is 0 Å². The highest BCUT2D eigenvalue weighted by atomic mass is 16.2. The van der Waals surface area contributed by atoms with Crippen LogP contribution in [0.25, 0.3) is 0 Å². The van der Waals surface area contributed by atoms with Crippen molar-refractivity contribution in [2.75, 3.05) is 13.1 Å². The van der Waals surface area contributed by atoms with Crippen LogP contribution < -0.4 is 5.32 Å². The Morgan fingerprint density at radius 2 is 1.88 bits per heavy atom. The van der Waals surface area contributed by atoms with Gasteiger partial charge in [0.05, 0.1) is 0 Å². The van der Waals surface area contributed by atoms with E-state index < -0.39 is 5.92 Å². The average Bonchev–Trinajstić information content (AvgIpc) is 2.28. The fraction of sp³-hybridized carbons (Fsp3) is 0.750. The molecule has 0 aliphatic carbocycles. The standard InChI is InChI=1S/C12H19N3O2/c1-8(2)9-10(16)13-12(14-11(9)17)15-6-4-3-5-7-15/h8-9H,3-7H2,1-2H3,(H,13,14,16,17). The van der Waals surface area contributed by atoms with Crippen LogP contribution in [0.3, 0.4) is 0 Å². The lowest BCUT2D eigenvalue weighted by atomic mass is 9.93. The number of amides is 2. The van der Waals surface area contributed by atoms with Crippen LogP contribution in [0.1, 0.15) is 33.1 Å². The Morgan fingerprint density at radius 1 is 1.24 bits per heavy atom. The van der Waals surface area contributed by atoms with Crippen molar-refractivity contribution in [2.45, 2.75) is 33.1 Å². The lowest BCUT2D eigenvalue weighted by molar-refractivity contribution is -0.135. The van der Waals surface area contributed by atoms with E-state index in [2.05, 4.69) is 10.3 Å². The highest BCUT2D eigenvalue weighted by molar-refractivity contribution is 6.15. The third-order valence-corrected chi connectivity index (χ3v) is 3.32. The molecule has 0 aromatic rings. The molecular formula is C12H19N3O2. The van der Waals surface area contributed by atoms with E-state index in [1.54, 1.807) is 0 Å². The van der Waals surface area contributed by atoms with E-state index in [0.717, 1.165) is 25.9 Å². The number of carbonyl (C=O) groups is 2. The Labute approximate surface area is 101 Å². The minimum atomic E-state index is -0.622. The lowest BCUT2D eigenvalue weighted by Crippen LogP contribution is -2.53. The molecule has 1 N–H and O–H groups in total. The third-order valence-electron chi connectivity index (χ3n) is 3.32. The molecule has 2 amide bonds. The summed E-state index contributed by atoms with van der Waals surface area (Å²) in [7, 11) is 0. The first-order chi connectivity index (χ1) is 8.09. The summed E-state index contributed by atoms with van der Waals surface area (Å²) in [5, 5.41) is 2.76. The second-order valence-electron chi connectivity index (χ2n) is 5.03. The molecule has 1 unspecified atom stereocenters. The topological polar surface area (TPSA) is 61.8 Å². The van der Waals surface area contributed by atoms with Crippen LogP contribution in [0.2, 0.25) is 0 Å². The van der Waals surface area contributed by atoms with Crippen molar-refractivity contribution in [3.8, 4) is 0 Å². The minimum Gasteiger partial charge on any atom is -0.342 e. The van der Waals surface area contributed by atoms with Crippen LogP contribution in [-0.2, 0) is 9.59 Å². The van der Waals surface area contributed by atoms with Crippen LogP contribution in [-0.4, -0.2) is 35.8 Å². The van der Waals surface area contributed by atoms with Crippen molar-refractivity contribution in [1.82, 2.24) is 10.2 Å². The number of nitrogens with one attached hydrogen (secondary N) is 1. The van der Waals surface area contributed by atoms with E-state index in [9.17, 15) is 9.59 Å². The summed E-state index contributed by atoms with van der Waals surface area (Å²) in [6, 6.07) is 0. The molecule has 2 aliphatic heterocycles. The molecule has 0 spiro atoms. The molecule has 5 nitrogen and oxygen atoms in total. The van der Waals surface area contributed by atoms with Crippen molar-refractivity contribution in [2.24, 2.45) is 16.8 Å². The van der Waals surface area contributed by atoms with Crippen molar-refractivity contribution < 1.29 is 9.59 Å². The summed E-state index contributed by atoms with van der Waals surface area (Å²) in [6.07, 6.45) is 3.40. The first kappa shape index (κ1) is 12.1. The van der Waals surface area contributed by atoms with E-state index >= 15 is 0 Å². The van der Waals surface area contributed by atoms with Crippen molar-refractivity contribution in [3.05, 3.63) is 0 Å². The van der Waals surface area contributed by atoms with Gasteiger partial charge in [0.1, 0.15) is 5.92 Å². The molecule has 1 fully saturated rings. The normalized spacial score (nSPS) is 25.9. The number of likely N-dealkylation sites (tertiary alicyclic amines) is 1. The van der Waals surface area contributed by atoms with Crippen LogP contribution in [0.15, 0.2) is 4.99 Å². The van der Waals surface area contributed by atoms with Crippen LogP contribution in [0.5, 0.6) is 0 Å². The molecule has 2 aliphatic rings. The maximum atomic E-state index is 11.9. The van der Waals surface area contributed by atoms with Crippen LogP contribution in [0.4, 0.5) is 0 Å². The SMILES string of the molecule is CC(C)C1C(=O)N=C(N2CCCCC2)NC1=O. The molecule has 0 aromatic heterocycles. The Balaban J connectivity index is 2.13. The van der Waals surface area contributed by atoms with Crippen molar-refractivity contribution in [3.63, 3.8) is 0 Å². The minimum absolute atomic E-state index is 0.00541. The molecule has 5 heteroatoms. The van der Waals surface area contributed by atoms with E-state index in [4.69, 9.17) is 0 Å². The maximum Gasteiger partial charge on any atom is 0.261 e. The smallest absolute Gasteiger partial charge is 0.261 e. The zero-order valence-electron chi connectivity index (χ0n) is 10.4. The Morgan fingerprint density at radius 3 is 2.41 bits per heavy atom. The van der Waals surface area contributed by atoms with Gasteiger partial charge in [0, 0.05) is 13.1 Å². The summed E-state index contributed by atoms with van der Waals surface area (Å²) in [4.78, 5) is 29.7. The fourth-order valence-corrected chi connectivity index (χ4v) is 2.35. The second-order valence-corrected chi connectivity index (χ2v) is 5.03. The van der Waals surface area contributed by atoms with Gasteiger partial charge in [-0.2, -0.15) is 4.99 Å². The van der Waals surface area contributed by atoms with E-state index in [1.807, 2.05) is 18.7 Å². The maximum absolute atomic E-state index is 11.9. The van der Waals surface area contributed by atoms with E-state index in [0.29, 0.717) is 5.96 Å². The summed E-state index contributed by atoms with van der Waals surface area (Å²) in [5.41, 5.74) is 0. The fourth-order valence-electron chi connectivity index (χ4n) is 2.35. The number of aliphatic imine (C=N–C) groups is 1. The first-order valence-corrected chi connectivity index (χ1v) is 6.28. The second kappa shape index (κ2) is 4.85. The zero-order valence-corrected chi connectivity index (χ0v) is 10.4.